The van der Waals surface area contributed by atoms with E-state index in [1.807, 2.05) is 7.11 Å². The van der Waals surface area contributed by atoms with Crippen molar-refractivity contribution in [1.82, 2.24) is 9.80 Å². The highest BCUT2D eigenvalue weighted by atomic mass is 16.5. The Hall–Kier alpha value is -0.160. The van der Waals surface area contributed by atoms with Gasteiger partial charge in [-0.25, -0.2) is 0 Å². The summed E-state index contributed by atoms with van der Waals surface area (Å²) in [5, 5.41) is 0. The molecule has 2 heterocycles. The second-order valence-corrected chi connectivity index (χ2v) is 6.07. The van der Waals surface area contributed by atoms with Gasteiger partial charge in [0.25, 0.3) is 0 Å². The molecule has 0 amide bonds. The molecular formula is C15H31N3O. The van der Waals surface area contributed by atoms with Crippen LogP contribution in [0.3, 0.4) is 0 Å². The Balaban J connectivity index is 1.80. The van der Waals surface area contributed by atoms with E-state index in [-0.39, 0.29) is 0 Å². The average Bonchev–Trinajstić information content (AvgIpc) is 2.94. The molecule has 2 atom stereocenters. The first-order valence-electron chi connectivity index (χ1n) is 8.02. The summed E-state index contributed by atoms with van der Waals surface area (Å²) >= 11 is 0. The van der Waals surface area contributed by atoms with Crippen molar-refractivity contribution >= 4 is 0 Å². The quantitative estimate of drug-likeness (QED) is 0.756. The number of nitrogens with zero attached hydrogens (tertiary/aromatic N) is 2. The summed E-state index contributed by atoms with van der Waals surface area (Å²) in [6.45, 7) is 6.75. The smallest absolute Gasteiger partial charge is 0.0618 e. The van der Waals surface area contributed by atoms with Crippen molar-refractivity contribution in [2.45, 2.75) is 50.6 Å². The highest BCUT2D eigenvalue weighted by molar-refractivity contribution is 4.88. The molecule has 2 aliphatic rings. The van der Waals surface area contributed by atoms with E-state index in [0.29, 0.717) is 6.04 Å². The molecule has 2 rings (SSSR count). The molecule has 0 aromatic carbocycles. The highest BCUT2D eigenvalue weighted by Crippen LogP contribution is 2.23. The van der Waals surface area contributed by atoms with Crippen molar-refractivity contribution in [1.29, 1.82) is 0 Å². The normalized spacial score (nSPS) is 27.8. The van der Waals surface area contributed by atoms with Gasteiger partial charge in [-0.05, 0) is 51.7 Å². The SMILES string of the molecule is COCC(CCCN)N1CCC(N2CCCCC2)C1. The van der Waals surface area contributed by atoms with Crippen molar-refractivity contribution in [3.63, 3.8) is 0 Å². The van der Waals surface area contributed by atoms with Gasteiger partial charge in [0, 0.05) is 32.3 Å². The molecule has 2 N–H and O–H groups in total. The lowest BCUT2D eigenvalue weighted by atomic mass is 10.1. The summed E-state index contributed by atoms with van der Waals surface area (Å²) in [6.07, 6.45) is 7.84. The van der Waals surface area contributed by atoms with Crippen LogP contribution in [0.25, 0.3) is 0 Å². The molecule has 0 aromatic rings. The Kier molecular flexibility index (Phi) is 6.57. The minimum atomic E-state index is 0.573. The van der Waals surface area contributed by atoms with Gasteiger partial charge in [-0.3, -0.25) is 9.80 Å². The van der Waals surface area contributed by atoms with Crippen molar-refractivity contribution in [3.05, 3.63) is 0 Å². The summed E-state index contributed by atoms with van der Waals surface area (Å²) in [5.74, 6) is 0. The summed E-state index contributed by atoms with van der Waals surface area (Å²) in [5.41, 5.74) is 5.65. The molecule has 2 saturated heterocycles. The Bertz CT molecular complexity index is 244. The Morgan fingerprint density at radius 2 is 2.00 bits per heavy atom. The maximum Gasteiger partial charge on any atom is 0.0618 e. The van der Waals surface area contributed by atoms with Crippen LogP contribution in [0.4, 0.5) is 0 Å². The van der Waals surface area contributed by atoms with Gasteiger partial charge in [-0.2, -0.15) is 0 Å². The van der Waals surface area contributed by atoms with Gasteiger partial charge >= 0.3 is 0 Å². The molecule has 0 saturated carbocycles. The summed E-state index contributed by atoms with van der Waals surface area (Å²) in [7, 11) is 1.81. The molecule has 0 spiro atoms. The summed E-state index contributed by atoms with van der Waals surface area (Å²) in [6, 6.07) is 1.36. The zero-order valence-electron chi connectivity index (χ0n) is 12.5. The second-order valence-electron chi connectivity index (χ2n) is 6.07. The molecule has 4 nitrogen and oxygen atoms in total. The van der Waals surface area contributed by atoms with Crippen molar-refractivity contribution in [3.8, 4) is 0 Å². The van der Waals surface area contributed by atoms with Gasteiger partial charge < -0.3 is 10.5 Å². The van der Waals surface area contributed by atoms with E-state index in [2.05, 4.69) is 9.80 Å². The molecule has 0 aliphatic carbocycles. The van der Waals surface area contributed by atoms with Crippen LogP contribution in [-0.2, 0) is 4.74 Å². The monoisotopic (exact) mass is 269 g/mol. The van der Waals surface area contributed by atoms with E-state index >= 15 is 0 Å². The van der Waals surface area contributed by atoms with Crippen molar-refractivity contribution in [2.75, 3.05) is 46.4 Å². The van der Waals surface area contributed by atoms with Gasteiger partial charge in [0.2, 0.25) is 0 Å². The number of likely N-dealkylation sites (tertiary alicyclic amines) is 2. The molecular weight excluding hydrogens is 238 g/mol. The van der Waals surface area contributed by atoms with Gasteiger partial charge in [0.15, 0.2) is 0 Å². The van der Waals surface area contributed by atoms with E-state index in [0.717, 1.165) is 25.6 Å². The molecule has 2 aliphatic heterocycles. The molecule has 112 valence electrons. The lowest BCUT2D eigenvalue weighted by Crippen LogP contribution is -2.43. The van der Waals surface area contributed by atoms with Crippen molar-refractivity contribution < 1.29 is 4.74 Å². The lowest BCUT2D eigenvalue weighted by Gasteiger charge is -2.33. The molecule has 0 radical (unpaired) electrons. The first-order valence-corrected chi connectivity index (χ1v) is 8.02. The first-order chi connectivity index (χ1) is 9.35. The predicted octanol–water partition coefficient (Wildman–Crippen LogP) is 1.30. The van der Waals surface area contributed by atoms with Gasteiger partial charge in [-0.1, -0.05) is 6.42 Å². The zero-order valence-corrected chi connectivity index (χ0v) is 12.5. The second kappa shape index (κ2) is 8.20. The Morgan fingerprint density at radius 3 is 2.68 bits per heavy atom. The third-order valence-corrected chi connectivity index (χ3v) is 4.72. The maximum atomic E-state index is 5.65. The number of rotatable bonds is 7. The van der Waals surface area contributed by atoms with Crippen LogP contribution in [-0.4, -0.2) is 68.3 Å². The largest absolute Gasteiger partial charge is 0.383 e. The number of methoxy groups -OCH3 is 1. The fraction of sp³-hybridized carbons (Fsp3) is 1.00. The van der Waals surface area contributed by atoms with Crippen LogP contribution in [0.1, 0.15) is 38.5 Å². The Labute approximate surface area is 118 Å². The fourth-order valence-electron chi connectivity index (χ4n) is 3.60. The van der Waals surface area contributed by atoms with E-state index in [1.165, 1.54) is 58.3 Å². The van der Waals surface area contributed by atoms with E-state index in [4.69, 9.17) is 10.5 Å². The first kappa shape index (κ1) is 15.2. The number of piperidine rings is 1. The van der Waals surface area contributed by atoms with Crippen LogP contribution >= 0.6 is 0 Å². The minimum Gasteiger partial charge on any atom is -0.383 e. The molecule has 4 heteroatoms. The van der Waals surface area contributed by atoms with Crippen molar-refractivity contribution in [2.24, 2.45) is 5.73 Å². The predicted molar refractivity (Wildman–Crippen MR) is 79.4 cm³/mol. The average molecular weight is 269 g/mol. The molecule has 0 bridgehead atoms. The van der Waals surface area contributed by atoms with Crippen LogP contribution in [0.2, 0.25) is 0 Å². The van der Waals surface area contributed by atoms with Crippen LogP contribution in [0, 0.1) is 0 Å². The number of nitrogens with two attached hydrogens (primary N) is 1. The summed E-state index contributed by atoms with van der Waals surface area (Å²) in [4.78, 5) is 5.36. The minimum absolute atomic E-state index is 0.573. The van der Waals surface area contributed by atoms with E-state index in [9.17, 15) is 0 Å². The summed E-state index contributed by atoms with van der Waals surface area (Å²) < 4.78 is 5.40. The lowest BCUT2D eigenvalue weighted by molar-refractivity contribution is 0.0892. The number of hydrogen-bond acceptors (Lipinski definition) is 4. The molecule has 0 aromatic heterocycles. The van der Waals surface area contributed by atoms with Crippen LogP contribution < -0.4 is 5.73 Å². The maximum absolute atomic E-state index is 5.65. The molecule has 2 unspecified atom stereocenters. The molecule has 2 fully saturated rings. The number of ether oxygens (including phenoxy) is 1. The number of hydrogen-bond donors (Lipinski definition) is 1. The Morgan fingerprint density at radius 1 is 1.21 bits per heavy atom. The fourth-order valence-corrected chi connectivity index (χ4v) is 3.60. The standard InChI is InChI=1S/C15H31N3O/c1-19-13-15(6-5-8-16)18-11-7-14(12-18)17-9-3-2-4-10-17/h14-15H,2-13,16H2,1H3. The van der Waals surface area contributed by atoms with E-state index in [1.54, 1.807) is 0 Å². The molecule has 19 heavy (non-hydrogen) atoms. The van der Waals surface area contributed by atoms with E-state index < -0.39 is 0 Å². The zero-order chi connectivity index (χ0) is 13.5. The highest BCUT2D eigenvalue weighted by Gasteiger charge is 2.31. The van der Waals surface area contributed by atoms with Crippen LogP contribution in [0.15, 0.2) is 0 Å². The van der Waals surface area contributed by atoms with Gasteiger partial charge in [0.05, 0.1) is 6.61 Å². The third kappa shape index (κ3) is 4.42. The van der Waals surface area contributed by atoms with Crippen LogP contribution in [0.5, 0.6) is 0 Å². The van der Waals surface area contributed by atoms with Gasteiger partial charge in [0.1, 0.15) is 0 Å². The third-order valence-electron chi connectivity index (χ3n) is 4.72. The topological polar surface area (TPSA) is 41.7 Å². The van der Waals surface area contributed by atoms with Gasteiger partial charge in [-0.15, -0.1) is 0 Å².